The summed E-state index contributed by atoms with van der Waals surface area (Å²) in [7, 11) is 0. The highest BCUT2D eigenvalue weighted by molar-refractivity contribution is 7.25. The van der Waals surface area contributed by atoms with Crippen molar-refractivity contribution in [3.63, 3.8) is 0 Å². The van der Waals surface area contributed by atoms with Gasteiger partial charge in [0, 0.05) is 46.7 Å². The minimum absolute atomic E-state index is 0.783. The average molecular weight is 547 g/mol. The molecule has 4 aromatic heterocycles. The molecule has 4 heterocycles. The van der Waals surface area contributed by atoms with Crippen LogP contribution in [-0.2, 0) is 0 Å². The Labute approximate surface area is 237 Å². The molecule has 2 nitrogen and oxygen atoms in total. The minimum Gasteiger partial charge on any atom is -0.305 e. The van der Waals surface area contributed by atoms with Gasteiger partial charge in [0.2, 0.25) is 0 Å². The number of aromatic nitrogens is 2. The zero-order valence-electron chi connectivity index (χ0n) is 21.2. The van der Waals surface area contributed by atoms with E-state index < -0.39 is 0 Å². The van der Waals surface area contributed by atoms with Crippen molar-refractivity contribution < 1.29 is 0 Å². The molecule has 0 amide bonds. The predicted octanol–water partition coefficient (Wildman–Crippen LogP) is 10.9. The van der Waals surface area contributed by atoms with Crippen LogP contribution in [0.15, 0.2) is 115 Å². The molecule has 10 rings (SSSR count). The van der Waals surface area contributed by atoms with Crippen LogP contribution in [0.1, 0.15) is 0 Å². The summed E-state index contributed by atoms with van der Waals surface area (Å²) in [6.45, 7) is 0. The summed E-state index contributed by atoms with van der Waals surface area (Å²) in [5, 5.41) is 8.51. The van der Waals surface area contributed by atoms with Crippen molar-refractivity contribution in [1.29, 1.82) is 0 Å². The second-order valence-corrected chi connectivity index (χ2v) is 12.2. The van der Waals surface area contributed by atoms with Gasteiger partial charge in [-0.3, -0.25) is 0 Å². The fourth-order valence-corrected chi connectivity index (χ4v) is 8.37. The molecule has 0 radical (unpaired) electrons. The molecule has 0 bridgehead atoms. The van der Waals surface area contributed by atoms with Crippen LogP contribution < -0.4 is 0 Å². The smallest absolute Gasteiger partial charge is 0.0789 e. The molecular formula is C36H19ClN2S. The molecule has 4 heteroatoms. The second kappa shape index (κ2) is 7.33. The first-order valence-electron chi connectivity index (χ1n) is 13.5. The summed E-state index contributed by atoms with van der Waals surface area (Å²) in [5.41, 5.74) is 9.94. The fraction of sp³-hybridized carbons (Fsp3) is 0. The molecule has 0 saturated heterocycles. The molecule has 0 atom stereocenters. The van der Waals surface area contributed by atoms with E-state index in [0.717, 1.165) is 5.02 Å². The maximum atomic E-state index is 6.30. The maximum Gasteiger partial charge on any atom is 0.0789 e. The molecule has 0 fully saturated rings. The molecule has 0 aliphatic heterocycles. The van der Waals surface area contributed by atoms with Gasteiger partial charge in [0.1, 0.15) is 0 Å². The lowest BCUT2D eigenvalue weighted by molar-refractivity contribution is 1.26. The van der Waals surface area contributed by atoms with E-state index in [1.807, 2.05) is 6.07 Å². The summed E-state index contributed by atoms with van der Waals surface area (Å²) in [6, 6.07) is 42.2. The summed E-state index contributed by atoms with van der Waals surface area (Å²) < 4.78 is 7.48. The maximum absolute atomic E-state index is 6.30. The van der Waals surface area contributed by atoms with E-state index in [4.69, 9.17) is 11.6 Å². The van der Waals surface area contributed by atoms with Gasteiger partial charge in [-0.15, -0.1) is 11.3 Å². The first-order valence-corrected chi connectivity index (χ1v) is 14.7. The van der Waals surface area contributed by atoms with Crippen molar-refractivity contribution in [1.82, 2.24) is 8.80 Å². The van der Waals surface area contributed by atoms with Gasteiger partial charge >= 0.3 is 0 Å². The van der Waals surface area contributed by atoms with E-state index in [2.05, 4.69) is 118 Å². The van der Waals surface area contributed by atoms with Crippen LogP contribution in [0, 0.1) is 0 Å². The van der Waals surface area contributed by atoms with Gasteiger partial charge in [-0.2, -0.15) is 0 Å². The Hall–Kier alpha value is -4.57. The lowest BCUT2D eigenvalue weighted by Crippen LogP contribution is -1.97. The molecule has 0 saturated carbocycles. The predicted molar refractivity (Wildman–Crippen MR) is 173 cm³/mol. The zero-order valence-corrected chi connectivity index (χ0v) is 22.7. The van der Waals surface area contributed by atoms with Crippen molar-refractivity contribution in [2.75, 3.05) is 0 Å². The SMILES string of the molecule is Clc1ccc2c(c1)sc1ccc(-c3ccc4c(c3)n3c5ccccc5c5ccc6c7ccccc7n4c6c53)cc12. The largest absolute Gasteiger partial charge is 0.305 e. The number of thiophene rings is 1. The number of rotatable bonds is 1. The number of benzene rings is 6. The van der Waals surface area contributed by atoms with E-state index in [0.29, 0.717) is 0 Å². The highest BCUT2D eigenvalue weighted by Crippen LogP contribution is 2.43. The van der Waals surface area contributed by atoms with E-state index in [-0.39, 0.29) is 0 Å². The van der Waals surface area contributed by atoms with Crippen LogP contribution in [0.4, 0.5) is 0 Å². The number of nitrogens with zero attached hydrogens (tertiary/aromatic N) is 2. The van der Waals surface area contributed by atoms with Gasteiger partial charge in [-0.1, -0.05) is 78.3 Å². The van der Waals surface area contributed by atoms with Crippen LogP contribution in [0.3, 0.4) is 0 Å². The van der Waals surface area contributed by atoms with Gasteiger partial charge in [0.25, 0.3) is 0 Å². The Balaban J connectivity index is 1.37. The van der Waals surface area contributed by atoms with Gasteiger partial charge < -0.3 is 8.80 Å². The van der Waals surface area contributed by atoms with Crippen LogP contribution in [0.5, 0.6) is 0 Å². The monoisotopic (exact) mass is 546 g/mol. The third-order valence-corrected chi connectivity index (χ3v) is 10.1. The van der Waals surface area contributed by atoms with E-state index in [1.165, 1.54) is 85.9 Å². The van der Waals surface area contributed by atoms with E-state index in [9.17, 15) is 0 Å². The van der Waals surface area contributed by atoms with Crippen LogP contribution in [-0.4, -0.2) is 8.80 Å². The Kier molecular flexibility index (Phi) is 3.90. The summed E-state index contributed by atoms with van der Waals surface area (Å²) in [5.74, 6) is 0. The number of para-hydroxylation sites is 2. The summed E-state index contributed by atoms with van der Waals surface area (Å²) >= 11 is 8.10. The third-order valence-electron chi connectivity index (χ3n) is 8.69. The zero-order chi connectivity index (χ0) is 26.1. The van der Waals surface area contributed by atoms with Gasteiger partial charge in [0.05, 0.1) is 33.1 Å². The molecule has 186 valence electrons. The first kappa shape index (κ1) is 21.3. The van der Waals surface area contributed by atoms with E-state index in [1.54, 1.807) is 11.3 Å². The quantitative estimate of drug-likeness (QED) is 0.181. The Bertz CT molecular complexity index is 2670. The standard InChI is InChI=1S/C36H19ClN2S/c37-22-11-12-25-28-17-20(10-16-33(28)40-34(25)19-22)21-9-15-31-32(18-21)39-30-8-4-2-6-24(30)27-14-13-26-23-5-1-3-7-29(23)38(31)35(26)36(27)39/h1-19H. The van der Waals surface area contributed by atoms with Crippen molar-refractivity contribution in [3.8, 4) is 11.1 Å². The third kappa shape index (κ3) is 2.55. The topological polar surface area (TPSA) is 8.82 Å². The molecule has 0 aliphatic rings. The normalized spacial score (nSPS) is 12.6. The molecule has 40 heavy (non-hydrogen) atoms. The first-order chi connectivity index (χ1) is 19.7. The van der Waals surface area contributed by atoms with Crippen LogP contribution >= 0.6 is 22.9 Å². The number of halogens is 1. The summed E-state index contributed by atoms with van der Waals surface area (Å²) in [6.07, 6.45) is 0. The van der Waals surface area contributed by atoms with Crippen molar-refractivity contribution in [2.24, 2.45) is 0 Å². The van der Waals surface area contributed by atoms with E-state index >= 15 is 0 Å². The molecular weight excluding hydrogens is 528 g/mol. The van der Waals surface area contributed by atoms with Gasteiger partial charge in [0.15, 0.2) is 0 Å². The lowest BCUT2D eigenvalue weighted by atomic mass is 10.0. The molecule has 10 aromatic rings. The molecule has 0 spiro atoms. The Morgan fingerprint density at radius 1 is 0.425 bits per heavy atom. The Morgan fingerprint density at radius 2 is 1.05 bits per heavy atom. The minimum atomic E-state index is 0.783. The van der Waals surface area contributed by atoms with Crippen molar-refractivity contribution in [3.05, 3.63) is 120 Å². The number of hydrogen-bond donors (Lipinski definition) is 0. The molecule has 6 aromatic carbocycles. The summed E-state index contributed by atoms with van der Waals surface area (Å²) in [4.78, 5) is 0. The number of hydrogen-bond acceptors (Lipinski definition) is 1. The van der Waals surface area contributed by atoms with Crippen molar-refractivity contribution >= 4 is 97.8 Å². The second-order valence-electron chi connectivity index (χ2n) is 10.7. The Morgan fingerprint density at radius 3 is 1.80 bits per heavy atom. The van der Waals surface area contributed by atoms with Crippen molar-refractivity contribution in [2.45, 2.75) is 0 Å². The van der Waals surface area contributed by atoms with Crippen LogP contribution in [0.25, 0.3) is 85.9 Å². The number of fused-ring (bicyclic) bond motifs is 12. The van der Waals surface area contributed by atoms with Gasteiger partial charge in [-0.25, -0.2) is 0 Å². The highest BCUT2D eigenvalue weighted by Gasteiger charge is 2.21. The highest BCUT2D eigenvalue weighted by atomic mass is 35.5. The lowest BCUT2D eigenvalue weighted by Gasteiger charge is -2.13. The molecule has 0 unspecified atom stereocenters. The molecule has 0 N–H and O–H groups in total. The van der Waals surface area contributed by atoms with Crippen LogP contribution in [0.2, 0.25) is 5.02 Å². The van der Waals surface area contributed by atoms with Gasteiger partial charge in [-0.05, 0) is 59.7 Å². The fourth-order valence-electron chi connectivity index (χ4n) is 7.00. The molecule has 0 aliphatic carbocycles. The average Bonchev–Trinajstić information content (AvgIpc) is 3.64.